The standard InChI is InChI=1S/C24H26N4O2/c1-30-22-10-6-5-9-20(22)18-27-13-15-28(16-14-27)23-12-11-21(17-25-23)26-24(29)19-7-3-2-4-8-19/h2-12,17H,13-16,18H2,1H3,(H,26,29). The third-order valence-corrected chi connectivity index (χ3v) is 5.32. The summed E-state index contributed by atoms with van der Waals surface area (Å²) in [6.07, 6.45) is 1.72. The van der Waals surface area contributed by atoms with Gasteiger partial charge in [0.25, 0.3) is 5.91 Å². The van der Waals surface area contributed by atoms with E-state index < -0.39 is 0 Å². The van der Waals surface area contributed by atoms with Crippen LogP contribution in [0.3, 0.4) is 0 Å². The Bertz CT molecular complexity index is 968. The first-order valence-corrected chi connectivity index (χ1v) is 10.1. The van der Waals surface area contributed by atoms with Crippen molar-refractivity contribution in [3.05, 3.63) is 84.1 Å². The zero-order valence-electron chi connectivity index (χ0n) is 17.1. The van der Waals surface area contributed by atoms with Gasteiger partial charge >= 0.3 is 0 Å². The van der Waals surface area contributed by atoms with Crippen LogP contribution < -0.4 is 15.0 Å². The van der Waals surface area contributed by atoms with Gasteiger partial charge in [0.2, 0.25) is 0 Å². The molecule has 0 atom stereocenters. The molecule has 2 heterocycles. The van der Waals surface area contributed by atoms with Gasteiger partial charge in [-0.15, -0.1) is 0 Å². The molecule has 0 saturated carbocycles. The molecule has 30 heavy (non-hydrogen) atoms. The molecule has 4 rings (SSSR count). The zero-order valence-corrected chi connectivity index (χ0v) is 17.1. The van der Waals surface area contributed by atoms with E-state index in [1.165, 1.54) is 5.56 Å². The minimum atomic E-state index is -0.130. The van der Waals surface area contributed by atoms with Gasteiger partial charge in [-0.3, -0.25) is 9.69 Å². The number of benzene rings is 2. The number of ether oxygens (including phenoxy) is 1. The first-order valence-electron chi connectivity index (χ1n) is 10.1. The average Bonchev–Trinajstić information content (AvgIpc) is 2.81. The van der Waals surface area contributed by atoms with Gasteiger partial charge in [0.05, 0.1) is 19.0 Å². The van der Waals surface area contributed by atoms with E-state index >= 15 is 0 Å². The molecule has 0 unspecified atom stereocenters. The summed E-state index contributed by atoms with van der Waals surface area (Å²) in [4.78, 5) is 21.5. The predicted octanol–water partition coefficient (Wildman–Crippen LogP) is 3.66. The second-order valence-corrected chi connectivity index (χ2v) is 7.30. The van der Waals surface area contributed by atoms with Crippen LogP contribution >= 0.6 is 0 Å². The van der Waals surface area contributed by atoms with Crippen molar-refractivity contribution >= 4 is 17.4 Å². The summed E-state index contributed by atoms with van der Waals surface area (Å²) in [6, 6.07) is 21.2. The number of amides is 1. The molecule has 0 radical (unpaired) electrons. The van der Waals surface area contributed by atoms with E-state index in [0.29, 0.717) is 11.3 Å². The Kier molecular flexibility index (Phi) is 6.25. The van der Waals surface area contributed by atoms with E-state index in [1.807, 2.05) is 42.5 Å². The molecular formula is C24H26N4O2. The summed E-state index contributed by atoms with van der Waals surface area (Å²) in [5, 5.41) is 2.89. The molecule has 6 heteroatoms. The van der Waals surface area contributed by atoms with Gasteiger partial charge < -0.3 is 15.0 Å². The van der Waals surface area contributed by atoms with Gasteiger partial charge in [0.1, 0.15) is 11.6 Å². The maximum Gasteiger partial charge on any atom is 0.255 e. The summed E-state index contributed by atoms with van der Waals surface area (Å²) >= 11 is 0. The maximum atomic E-state index is 12.3. The van der Waals surface area contributed by atoms with Crippen LogP contribution in [0.25, 0.3) is 0 Å². The lowest BCUT2D eigenvalue weighted by molar-refractivity contribution is 0.102. The third kappa shape index (κ3) is 4.78. The largest absolute Gasteiger partial charge is 0.496 e. The molecule has 1 aromatic heterocycles. The predicted molar refractivity (Wildman–Crippen MR) is 119 cm³/mol. The number of nitrogens with zero attached hydrogens (tertiary/aromatic N) is 3. The number of carbonyl (C=O) groups is 1. The number of carbonyl (C=O) groups excluding carboxylic acids is 1. The van der Waals surface area contributed by atoms with Gasteiger partial charge in [-0.1, -0.05) is 36.4 Å². The Morgan fingerprint density at radius 2 is 1.70 bits per heavy atom. The van der Waals surface area contributed by atoms with Gasteiger partial charge in [-0.2, -0.15) is 0 Å². The van der Waals surface area contributed by atoms with Crippen molar-refractivity contribution in [1.29, 1.82) is 0 Å². The summed E-state index contributed by atoms with van der Waals surface area (Å²) in [5.74, 6) is 1.74. The van der Waals surface area contributed by atoms with Crippen LogP contribution in [0.5, 0.6) is 5.75 Å². The lowest BCUT2D eigenvalue weighted by Crippen LogP contribution is -2.46. The number of hydrogen-bond donors (Lipinski definition) is 1. The second-order valence-electron chi connectivity index (χ2n) is 7.30. The van der Waals surface area contributed by atoms with Crippen molar-refractivity contribution in [3.63, 3.8) is 0 Å². The Labute approximate surface area is 177 Å². The van der Waals surface area contributed by atoms with Crippen molar-refractivity contribution in [3.8, 4) is 5.75 Å². The topological polar surface area (TPSA) is 57.7 Å². The van der Waals surface area contributed by atoms with Crippen LogP contribution in [0.15, 0.2) is 72.9 Å². The number of rotatable bonds is 6. The quantitative estimate of drug-likeness (QED) is 0.682. The Hall–Kier alpha value is -3.38. The zero-order chi connectivity index (χ0) is 20.8. The molecule has 6 nitrogen and oxygen atoms in total. The highest BCUT2D eigenvalue weighted by molar-refractivity contribution is 6.04. The minimum absolute atomic E-state index is 0.130. The molecule has 2 aromatic carbocycles. The smallest absolute Gasteiger partial charge is 0.255 e. The highest BCUT2D eigenvalue weighted by Gasteiger charge is 2.19. The fraction of sp³-hybridized carbons (Fsp3) is 0.250. The first-order chi connectivity index (χ1) is 14.7. The van der Waals surface area contributed by atoms with Crippen molar-refractivity contribution in [2.24, 2.45) is 0 Å². The van der Waals surface area contributed by atoms with Gasteiger partial charge in [0, 0.05) is 43.9 Å². The van der Waals surface area contributed by atoms with E-state index in [2.05, 4.69) is 32.2 Å². The number of methoxy groups -OCH3 is 1. The van der Waals surface area contributed by atoms with Crippen LogP contribution in [-0.4, -0.2) is 49.1 Å². The molecule has 0 aliphatic carbocycles. The van der Waals surface area contributed by atoms with Crippen LogP contribution in [-0.2, 0) is 6.54 Å². The fourth-order valence-corrected chi connectivity index (χ4v) is 3.65. The lowest BCUT2D eigenvalue weighted by Gasteiger charge is -2.35. The fourth-order valence-electron chi connectivity index (χ4n) is 3.65. The molecule has 0 bridgehead atoms. The molecule has 1 aliphatic rings. The molecule has 3 aromatic rings. The number of aromatic nitrogens is 1. The Balaban J connectivity index is 1.31. The summed E-state index contributed by atoms with van der Waals surface area (Å²) in [5.41, 5.74) is 2.54. The second kappa shape index (κ2) is 9.41. The molecule has 1 aliphatic heterocycles. The first kappa shape index (κ1) is 19.9. The number of nitrogens with one attached hydrogen (secondary N) is 1. The monoisotopic (exact) mass is 402 g/mol. The summed E-state index contributed by atoms with van der Waals surface area (Å²) in [7, 11) is 1.72. The number of piperazine rings is 1. The summed E-state index contributed by atoms with van der Waals surface area (Å²) in [6.45, 7) is 4.64. The average molecular weight is 402 g/mol. The number of para-hydroxylation sites is 1. The highest BCUT2D eigenvalue weighted by Crippen LogP contribution is 2.21. The molecule has 0 spiro atoms. The van der Waals surface area contributed by atoms with Crippen LogP contribution in [0.1, 0.15) is 15.9 Å². The normalized spacial score (nSPS) is 14.4. The van der Waals surface area contributed by atoms with Gasteiger partial charge in [-0.25, -0.2) is 4.98 Å². The summed E-state index contributed by atoms with van der Waals surface area (Å²) < 4.78 is 5.47. The van der Waals surface area contributed by atoms with E-state index in [0.717, 1.165) is 44.3 Å². The number of pyridine rings is 1. The molecule has 1 amide bonds. The molecule has 1 N–H and O–H groups in total. The van der Waals surface area contributed by atoms with Gasteiger partial charge in [0.15, 0.2) is 0 Å². The maximum absolute atomic E-state index is 12.3. The SMILES string of the molecule is COc1ccccc1CN1CCN(c2ccc(NC(=O)c3ccccc3)cn2)CC1. The lowest BCUT2D eigenvalue weighted by atomic mass is 10.1. The molecule has 1 saturated heterocycles. The van der Waals surface area contributed by atoms with Crippen LogP contribution in [0, 0.1) is 0 Å². The number of hydrogen-bond acceptors (Lipinski definition) is 5. The van der Waals surface area contributed by atoms with E-state index in [1.54, 1.807) is 25.4 Å². The third-order valence-electron chi connectivity index (χ3n) is 5.32. The van der Waals surface area contributed by atoms with Crippen LogP contribution in [0.4, 0.5) is 11.5 Å². The molecular weight excluding hydrogens is 376 g/mol. The molecule has 1 fully saturated rings. The van der Waals surface area contributed by atoms with E-state index in [9.17, 15) is 4.79 Å². The van der Waals surface area contributed by atoms with E-state index in [-0.39, 0.29) is 5.91 Å². The Morgan fingerprint density at radius 1 is 0.967 bits per heavy atom. The Morgan fingerprint density at radius 3 is 2.40 bits per heavy atom. The highest BCUT2D eigenvalue weighted by atomic mass is 16.5. The minimum Gasteiger partial charge on any atom is -0.496 e. The van der Waals surface area contributed by atoms with Crippen molar-refractivity contribution in [1.82, 2.24) is 9.88 Å². The van der Waals surface area contributed by atoms with Crippen molar-refractivity contribution < 1.29 is 9.53 Å². The number of anilines is 2. The van der Waals surface area contributed by atoms with Crippen molar-refractivity contribution in [2.75, 3.05) is 43.5 Å². The van der Waals surface area contributed by atoms with Gasteiger partial charge in [-0.05, 0) is 30.3 Å². The van der Waals surface area contributed by atoms with Crippen molar-refractivity contribution in [2.45, 2.75) is 6.54 Å². The van der Waals surface area contributed by atoms with Crippen LogP contribution in [0.2, 0.25) is 0 Å². The molecule has 154 valence electrons. The van der Waals surface area contributed by atoms with E-state index in [4.69, 9.17) is 4.74 Å².